The van der Waals surface area contributed by atoms with Crippen molar-refractivity contribution in [3.8, 4) is 28.7 Å². The van der Waals surface area contributed by atoms with Crippen LogP contribution in [0.3, 0.4) is 0 Å². The molecule has 0 aliphatic carbocycles. The summed E-state index contributed by atoms with van der Waals surface area (Å²) in [5, 5.41) is 3.06. The van der Waals surface area contributed by atoms with Gasteiger partial charge in [-0.3, -0.25) is 19.1 Å². The van der Waals surface area contributed by atoms with Gasteiger partial charge >= 0.3 is 5.69 Å². The number of anilines is 1. The van der Waals surface area contributed by atoms with E-state index in [4.69, 9.17) is 14.2 Å². The standard InChI is InChI=1S/C33H26F2N6O6.C2H6/c1-45-29-16-23-26(17-30(29)46-2)37-10-9-27(23)47-28-8-5-21(15-25(28)35)38-31(42)24-18-40(14-13-39-12-11-36-19-39)33(44)41(32(24)43)22-6-3-20(34)4-7-22;1-2/h3-12,15-19H,13-14H2,1-2H3,(H,38,42);1-2H3. The molecule has 252 valence electrons. The SMILES string of the molecule is CC.COc1cc2nccc(Oc3ccc(NC(=O)c4cn(CCn5ccnc5)c(=O)n(-c5ccc(F)cc5)c4=O)cc3F)c2cc1OC. The molecule has 0 aliphatic rings. The molecule has 14 heteroatoms. The zero-order valence-corrected chi connectivity index (χ0v) is 27.0. The Morgan fingerprint density at radius 3 is 2.27 bits per heavy atom. The highest BCUT2D eigenvalue weighted by atomic mass is 19.1. The number of fused-ring (bicyclic) bond motifs is 1. The topological polar surface area (TPSA) is 132 Å². The summed E-state index contributed by atoms with van der Waals surface area (Å²) in [5.74, 6) is -1.21. The fraction of sp³-hybridized carbons (Fsp3) is 0.171. The predicted molar refractivity (Wildman–Crippen MR) is 179 cm³/mol. The summed E-state index contributed by atoms with van der Waals surface area (Å²) in [7, 11) is 2.99. The van der Waals surface area contributed by atoms with E-state index in [9.17, 15) is 18.8 Å². The van der Waals surface area contributed by atoms with Crippen LogP contribution in [0.25, 0.3) is 16.6 Å². The van der Waals surface area contributed by atoms with Gasteiger partial charge < -0.3 is 24.1 Å². The highest BCUT2D eigenvalue weighted by molar-refractivity contribution is 6.04. The van der Waals surface area contributed by atoms with Gasteiger partial charge in [0.1, 0.15) is 17.1 Å². The molecule has 3 heterocycles. The maximum absolute atomic E-state index is 15.3. The average molecular weight is 671 g/mol. The largest absolute Gasteiger partial charge is 0.493 e. The number of pyridine rings is 1. The Hall–Kier alpha value is -6.31. The Morgan fingerprint density at radius 2 is 1.59 bits per heavy atom. The number of carbonyl (C=O) groups is 1. The maximum Gasteiger partial charge on any atom is 0.335 e. The Kier molecular flexibility index (Phi) is 10.5. The third-order valence-corrected chi connectivity index (χ3v) is 7.26. The number of rotatable bonds is 10. The number of aryl methyl sites for hydroxylation is 2. The Labute approximate surface area is 278 Å². The van der Waals surface area contributed by atoms with Crippen molar-refractivity contribution < 1.29 is 27.8 Å². The zero-order chi connectivity index (χ0) is 35.1. The highest BCUT2D eigenvalue weighted by Gasteiger charge is 2.20. The van der Waals surface area contributed by atoms with E-state index in [0.717, 1.165) is 29.0 Å². The minimum absolute atomic E-state index is 0.0229. The Bertz CT molecular complexity index is 2220. The molecule has 0 spiro atoms. The first-order valence-electron chi connectivity index (χ1n) is 15.1. The van der Waals surface area contributed by atoms with E-state index in [-0.39, 0.29) is 23.7 Å². The van der Waals surface area contributed by atoms with Gasteiger partial charge in [0.05, 0.1) is 31.8 Å². The van der Waals surface area contributed by atoms with E-state index < -0.39 is 34.4 Å². The van der Waals surface area contributed by atoms with Crippen molar-refractivity contribution in [1.29, 1.82) is 0 Å². The zero-order valence-electron chi connectivity index (χ0n) is 27.0. The molecule has 6 rings (SSSR count). The Balaban J connectivity index is 0.00000230. The summed E-state index contributed by atoms with van der Waals surface area (Å²) in [5.41, 5.74) is -1.44. The lowest BCUT2D eigenvalue weighted by molar-refractivity contribution is 0.102. The van der Waals surface area contributed by atoms with Crippen molar-refractivity contribution >= 4 is 22.5 Å². The van der Waals surface area contributed by atoms with Crippen LogP contribution in [-0.2, 0) is 13.1 Å². The van der Waals surface area contributed by atoms with Crippen molar-refractivity contribution in [3.63, 3.8) is 0 Å². The van der Waals surface area contributed by atoms with Crippen LogP contribution >= 0.6 is 0 Å². The first kappa shape index (κ1) is 34.0. The van der Waals surface area contributed by atoms with E-state index in [1.165, 1.54) is 49.2 Å². The van der Waals surface area contributed by atoms with Gasteiger partial charge in [0, 0.05) is 61.1 Å². The molecule has 1 amide bonds. The second kappa shape index (κ2) is 15.1. The highest BCUT2D eigenvalue weighted by Crippen LogP contribution is 2.37. The van der Waals surface area contributed by atoms with Crippen LogP contribution in [-0.4, -0.2) is 43.8 Å². The van der Waals surface area contributed by atoms with E-state index >= 15 is 4.39 Å². The summed E-state index contributed by atoms with van der Waals surface area (Å²) in [6, 6.07) is 13.4. The molecule has 0 unspecified atom stereocenters. The molecule has 0 atom stereocenters. The first-order chi connectivity index (χ1) is 23.7. The van der Waals surface area contributed by atoms with Gasteiger partial charge in [0.2, 0.25) is 0 Å². The third kappa shape index (κ3) is 7.32. The number of nitrogens with zero attached hydrogens (tertiary/aromatic N) is 5. The van der Waals surface area contributed by atoms with Crippen LogP contribution < -0.4 is 30.8 Å². The molecule has 6 aromatic rings. The second-order valence-corrected chi connectivity index (χ2v) is 10.2. The van der Waals surface area contributed by atoms with Crippen molar-refractivity contribution in [1.82, 2.24) is 23.7 Å². The fourth-order valence-corrected chi connectivity index (χ4v) is 4.89. The summed E-state index contributed by atoms with van der Waals surface area (Å²) < 4.78 is 49.2. The Morgan fingerprint density at radius 1 is 0.857 bits per heavy atom. The number of hydrogen-bond donors (Lipinski definition) is 1. The lowest BCUT2D eigenvalue weighted by Gasteiger charge is -2.14. The maximum atomic E-state index is 15.3. The fourth-order valence-electron chi connectivity index (χ4n) is 4.89. The smallest absolute Gasteiger partial charge is 0.335 e. The predicted octanol–water partition coefficient (Wildman–Crippen LogP) is 5.81. The summed E-state index contributed by atoms with van der Waals surface area (Å²) in [6.45, 7) is 4.39. The minimum atomic E-state index is -0.935. The van der Waals surface area contributed by atoms with Gasteiger partial charge in [-0.1, -0.05) is 13.8 Å². The molecule has 0 fully saturated rings. The van der Waals surface area contributed by atoms with Gasteiger partial charge in [-0.2, -0.15) is 0 Å². The van der Waals surface area contributed by atoms with Crippen LogP contribution in [0.5, 0.6) is 23.0 Å². The van der Waals surface area contributed by atoms with Crippen molar-refractivity contribution in [2.45, 2.75) is 26.9 Å². The molecule has 3 aromatic heterocycles. The van der Waals surface area contributed by atoms with E-state index in [1.807, 2.05) is 13.8 Å². The number of imidazole rings is 1. The molecule has 0 saturated heterocycles. The van der Waals surface area contributed by atoms with Crippen molar-refractivity contribution in [2.24, 2.45) is 0 Å². The van der Waals surface area contributed by atoms with Crippen molar-refractivity contribution in [3.05, 3.63) is 130 Å². The molecule has 1 N–H and O–H groups in total. The van der Waals surface area contributed by atoms with E-state index in [2.05, 4.69) is 15.3 Å². The van der Waals surface area contributed by atoms with Gasteiger partial charge in [0.15, 0.2) is 23.1 Å². The number of nitrogens with one attached hydrogen (secondary N) is 1. The monoisotopic (exact) mass is 670 g/mol. The average Bonchev–Trinajstić information content (AvgIpc) is 3.64. The molecular formula is C35H32F2N6O6. The number of aromatic nitrogens is 5. The number of benzene rings is 3. The van der Waals surface area contributed by atoms with E-state index in [0.29, 0.717) is 34.7 Å². The molecule has 0 saturated carbocycles. The summed E-state index contributed by atoms with van der Waals surface area (Å²) in [6.07, 6.45) is 7.47. The molecule has 0 aliphatic heterocycles. The number of methoxy groups -OCH3 is 2. The molecule has 49 heavy (non-hydrogen) atoms. The number of amides is 1. The molecule has 0 bridgehead atoms. The molecule has 0 radical (unpaired) electrons. The molecule has 3 aromatic carbocycles. The number of carbonyl (C=O) groups excluding carboxylic acids is 1. The van der Waals surface area contributed by atoms with Crippen LogP contribution in [0.1, 0.15) is 24.2 Å². The number of halogens is 2. The minimum Gasteiger partial charge on any atom is -0.493 e. The van der Waals surface area contributed by atoms with Crippen LogP contribution in [0, 0.1) is 11.6 Å². The van der Waals surface area contributed by atoms with Crippen LogP contribution in [0.15, 0.2) is 101 Å². The third-order valence-electron chi connectivity index (χ3n) is 7.26. The van der Waals surface area contributed by atoms with Gasteiger partial charge in [-0.15, -0.1) is 0 Å². The lowest BCUT2D eigenvalue weighted by Crippen LogP contribution is -2.42. The van der Waals surface area contributed by atoms with Gasteiger partial charge in [0.25, 0.3) is 11.5 Å². The number of ether oxygens (including phenoxy) is 3. The van der Waals surface area contributed by atoms with Crippen molar-refractivity contribution in [2.75, 3.05) is 19.5 Å². The summed E-state index contributed by atoms with van der Waals surface area (Å²) >= 11 is 0. The lowest BCUT2D eigenvalue weighted by atomic mass is 10.1. The quantitative estimate of drug-likeness (QED) is 0.193. The van der Waals surface area contributed by atoms with Crippen LogP contribution in [0.4, 0.5) is 14.5 Å². The number of hydrogen-bond acceptors (Lipinski definition) is 8. The normalized spacial score (nSPS) is 10.7. The second-order valence-electron chi connectivity index (χ2n) is 10.2. The molecule has 12 nitrogen and oxygen atoms in total. The van der Waals surface area contributed by atoms with Gasteiger partial charge in [-0.05, 0) is 48.5 Å². The van der Waals surface area contributed by atoms with E-state index in [1.54, 1.807) is 41.5 Å². The first-order valence-corrected chi connectivity index (χ1v) is 15.1. The summed E-state index contributed by atoms with van der Waals surface area (Å²) in [4.78, 5) is 48.5. The van der Waals surface area contributed by atoms with Gasteiger partial charge in [-0.25, -0.2) is 23.1 Å². The molecular weight excluding hydrogens is 638 g/mol. The van der Waals surface area contributed by atoms with Crippen LogP contribution in [0.2, 0.25) is 0 Å².